The van der Waals surface area contributed by atoms with Gasteiger partial charge in [0.05, 0.1) is 5.60 Å². The molecule has 0 bridgehead atoms. The Morgan fingerprint density at radius 1 is 1.08 bits per heavy atom. The zero-order chi connectivity index (χ0) is 8.89. The second-order valence-corrected chi connectivity index (χ2v) is 4.43. The first kappa shape index (κ1) is 7.57. The molecule has 0 spiro atoms. The van der Waals surface area contributed by atoms with Crippen molar-refractivity contribution < 1.29 is 5.11 Å². The molecule has 0 aromatic heterocycles. The fourth-order valence-electron chi connectivity index (χ4n) is 1.89. The van der Waals surface area contributed by atoms with Crippen molar-refractivity contribution in [3.8, 4) is 0 Å². The lowest BCUT2D eigenvalue weighted by molar-refractivity contribution is 0.151. The minimum atomic E-state index is -0.456. The number of benzene rings is 1. The SMILES string of the molecule is OC1(c2ccc(C3CC3)cc2)CC1. The van der Waals surface area contributed by atoms with E-state index in [1.165, 1.54) is 18.4 Å². The van der Waals surface area contributed by atoms with Gasteiger partial charge >= 0.3 is 0 Å². The predicted molar refractivity (Wildman–Crippen MR) is 51.5 cm³/mol. The maximum atomic E-state index is 9.85. The Morgan fingerprint density at radius 3 is 2.15 bits per heavy atom. The molecule has 2 aliphatic carbocycles. The molecule has 0 amide bonds. The van der Waals surface area contributed by atoms with E-state index in [9.17, 15) is 5.11 Å². The van der Waals surface area contributed by atoms with E-state index in [1.807, 2.05) is 0 Å². The molecule has 1 heteroatoms. The van der Waals surface area contributed by atoms with Crippen molar-refractivity contribution in [1.82, 2.24) is 0 Å². The van der Waals surface area contributed by atoms with Crippen LogP contribution in [0.1, 0.15) is 42.7 Å². The predicted octanol–water partition coefficient (Wildman–Crippen LogP) is 2.55. The van der Waals surface area contributed by atoms with Crippen LogP contribution in [0.15, 0.2) is 24.3 Å². The van der Waals surface area contributed by atoms with E-state index in [0.29, 0.717) is 0 Å². The van der Waals surface area contributed by atoms with Crippen LogP contribution in [0.4, 0.5) is 0 Å². The first-order chi connectivity index (χ1) is 6.28. The standard InChI is InChI=1S/C12H14O/c13-12(7-8-12)11-5-3-10(4-6-11)9-1-2-9/h3-6,9,13H,1-2,7-8H2. The molecule has 1 aromatic rings. The normalized spacial score (nSPS) is 24.4. The van der Waals surface area contributed by atoms with Crippen LogP contribution in [-0.2, 0) is 5.60 Å². The summed E-state index contributed by atoms with van der Waals surface area (Å²) in [4.78, 5) is 0. The second-order valence-electron chi connectivity index (χ2n) is 4.43. The minimum Gasteiger partial charge on any atom is -0.385 e. The van der Waals surface area contributed by atoms with Crippen molar-refractivity contribution in [2.45, 2.75) is 37.2 Å². The molecule has 0 heterocycles. The molecule has 1 aromatic carbocycles. The first-order valence-corrected chi connectivity index (χ1v) is 5.11. The maximum Gasteiger partial charge on any atom is 0.0899 e. The third-order valence-electron chi connectivity index (χ3n) is 3.22. The van der Waals surface area contributed by atoms with Gasteiger partial charge in [-0.3, -0.25) is 0 Å². The molecule has 13 heavy (non-hydrogen) atoms. The van der Waals surface area contributed by atoms with Gasteiger partial charge in [0, 0.05) is 0 Å². The van der Waals surface area contributed by atoms with Crippen LogP contribution >= 0.6 is 0 Å². The van der Waals surface area contributed by atoms with Crippen molar-refractivity contribution in [2.75, 3.05) is 0 Å². The third-order valence-corrected chi connectivity index (χ3v) is 3.22. The largest absolute Gasteiger partial charge is 0.385 e. The molecule has 0 atom stereocenters. The summed E-state index contributed by atoms with van der Waals surface area (Å²) in [6.07, 6.45) is 4.58. The van der Waals surface area contributed by atoms with Crippen molar-refractivity contribution in [1.29, 1.82) is 0 Å². The molecule has 2 aliphatic rings. The Labute approximate surface area is 78.4 Å². The topological polar surface area (TPSA) is 20.2 Å². The van der Waals surface area contributed by atoms with Gasteiger partial charge in [-0.2, -0.15) is 0 Å². The molecular weight excluding hydrogens is 160 g/mol. The van der Waals surface area contributed by atoms with Gasteiger partial charge < -0.3 is 5.11 Å². The Hall–Kier alpha value is -0.820. The molecule has 2 fully saturated rings. The molecule has 3 rings (SSSR count). The van der Waals surface area contributed by atoms with Crippen LogP contribution in [0.2, 0.25) is 0 Å². The van der Waals surface area contributed by atoms with Gasteiger partial charge in [0.25, 0.3) is 0 Å². The number of hydrogen-bond acceptors (Lipinski definition) is 1. The van der Waals surface area contributed by atoms with E-state index in [0.717, 1.165) is 24.3 Å². The number of rotatable bonds is 2. The van der Waals surface area contributed by atoms with Crippen molar-refractivity contribution in [3.05, 3.63) is 35.4 Å². The van der Waals surface area contributed by atoms with Crippen LogP contribution in [0.25, 0.3) is 0 Å². The van der Waals surface area contributed by atoms with Crippen molar-refractivity contribution >= 4 is 0 Å². The van der Waals surface area contributed by atoms with Gasteiger partial charge in [-0.05, 0) is 42.7 Å². The highest BCUT2D eigenvalue weighted by atomic mass is 16.3. The van der Waals surface area contributed by atoms with Crippen LogP contribution in [-0.4, -0.2) is 5.11 Å². The summed E-state index contributed by atoms with van der Waals surface area (Å²) in [5.41, 5.74) is 2.10. The smallest absolute Gasteiger partial charge is 0.0899 e. The van der Waals surface area contributed by atoms with E-state index in [4.69, 9.17) is 0 Å². The summed E-state index contributed by atoms with van der Waals surface area (Å²) in [6, 6.07) is 8.56. The summed E-state index contributed by atoms with van der Waals surface area (Å²) in [6.45, 7) is 0. The van der Waals surface area contributed by atoms with Crippen LogP contribution in [0.5, 0.6) is 0 Å². The molecule has 68 valence electrons. The van der Waals surface area contributed by atoms with E-state index in [1.54, 1.807) is 0 Å². The maximum absolute atomic E-state index is 9.85. The average Bonchev–Trinajstić information content (AvgIpc) is 2.98. The lowest BCUT2D eigenvalue weighted by atomic mass is 10.0. The van der Waals surface area contributed by atoms with Gasteiger partial charge in [0.2, 0.25) is 0 Å². The highest BCUT2D eigenvalue weighted by Gasteiger charge is 2.42. The lowest BCUT2D eigenvalue weighted by Crippen LogP contribution is -2.03. The zero-order valence-electron chi connectivity index (χ0n) is 7.66. The molecular formula is C12H14O. The van der Waals surface area contributed by atoms with Gasteiger partial charge in [0.15, 0.2) is 0 Å². The minimum absolute atomic E-state index is 0.456. The summed E-state index contributed by atoms with van der Waals surface area (Å²) in [5, 5.41) is 9.85. The van der Waals surface area contributed by atoms with Crippen LogP contribution in [0.3, 0.4) is 0 Å². The fourth-order valence-corrected chi connectivity index (χ4v) is 1.89. The quantitative estimate of drug-likeness (QED) is 0.730. The first-order valence-electron chi connectivity index (χ1n) is 5.11. The summed E-state index contributed by atoms with van der Waals surface area (Å²) >= 11 is 0. The monoisotopic (exact) mass is 174 g/mol. The van der Waals surface area contributed by atoms with E-state index in [2.05, 4.69) is 24.3 Å². The second kappa shape index (κ2) is 2.36. The zero-order valence-corrected chi connectivity index (χ0v) is 7.66. The molecule has 1 nitrogen and oxygen atoms in total. The fraction of sp³-hybridized carbons (Fsp3) is 0.500. The van der Waals surface area contributed by atoms with E-state index in [-0.39, 0.29) is 0 Å². The van der Waals surface area contributed by atoms with Gasteiger partial charge in [-0.25, -0.2) is 0 Å². The van der Waals surface area contributed by atoms with Gasteiger partial charge in [0.1, 0.15) is 0 Å². The lowest BCUT2D eigenvalue weighted by Gasteiger charge is -2.08. The van der Waals surface area contributed by atoms with Gasteiger partial charge in [-0.15, -0.1) is 0 Å². The highest BCUT2D eigenvalue weighted by molar-refractivity contribution is 5.33. The Bertz CT molecular complexity index is 317. The number of hydrogen-bond donors (Lipinski definition) is 1. The summed E-state index contributed by atoms with van der Waals surface area (Å²) in [5.74, 6) is 0.822. The summed E-state index contributed by atoms with van der Waals surface area (Å²) < 4.78 is 0. The highest BCUT2D eigenvalue weighted by Crippen LogP contribution is 2.46. The Balaban J connectivity index is 1.89. The van der Waals surface area contributed by atoms with Crippen LogP contribution < -0.4 is 0 Å². The average molecular weight is 174 g/mol. The summed E-state index contributed by atoms with van der Waals surface area (Å²) in [7, 11) is 0. The Morgan fingerprint density at radius 2 is 1.69 bits per heavy atom. The molecule has 0 saturated heterocycles. The Kier molecular flexibility index (Phi) is 1.37. The number of aliphatic hydroxyl groups is 1. The van der Waals surface area contributed by atoms with Gasteiger partial charge in [-0.1, -0.05) is 24.3 Å². The van der Waals surface area contributed by atoms with Crippen LogP contribution in [0, 0.1) is 0 Å². The molecule has 0 radical (unpaired) electrons. The molecule has 1 N–H and O–H groups in total. The van der Waals surface area contributed by atoms with E-state index < -0.39 is 5.60 Å². The van der Waals surface area contributed by atoms with Crippen molar-refractivity contribution in [3.63, 3.8) is 0 Å². The molecule has 2 saturated carbocycles. The molecule has 0 unspecified atom stereocenters. The van der Waals surface area contributed by atoms with Crippen molar-refractivity contribution in [2.24, 2.45) is 0 Å². The third kappa shape index (κ3) is 1.28. The molecule has 0 aliphatic heterocycles. The van der Waals surface area contributed by atoms with E-state index >= 15 is 0 Å².